The van der Waals surface area contributed by atoms with Gasteiger partial charge in [-0.25, -0.2) is 8.42 Å². The Kier molecular flexibility index (Phi) is 4.98. The van der Waals surface area contributed by atoms with Gasteiger partial charge in [0.2, 0.25) is 10.0 Å². The van der Waals surface area contributed by atoms with Gasteiger partial charge >= 0.3 is 0 Å². The average molecular weight is 355 g/mol. The first-order chi connectivity index (χ1) is 11.4. The summed E-state index contributed by atoms with van der Waals surface area (Å²) in [5.41, 5.74) is 0. The number of rotatable bonds is 5. The second-order valence-corrected chi connectivity index (χ2v) is 8.51. The number of nitrogens with one attached hydrogen (secondary N) is 1. The Morgan fingerprint density at radius 1 is 1.33 bits per heavy atom. The number of hydrogen-bond acceptors (Lipinski definition) is 5. The van der Waals surface area contributed by atoms with E-state index in [1.165, 1.54) is 10.4 Å². The van der Waals surface area contributed by atoms with Gasteiger partial charge in [0.25, 0.3) is 5.91 Å². The Labute approximate surface area is 143 Å². The molecule has 0 spiro atoms. The minimum Gasteiger partial charge on any atom is -0.455 e. The van der Waals surface area contributed by atoms with Gasteiger partial charge in [-0.15, -0.1) is 0 Å². The summed E-state index contributed by atoms with van der Waals surface area (Å²) < 4.78 is 32.4. The van der Waals surface area contributed by atoms with E-state index in [4.69, 9.17) is 4.42 Å². The van der Waals surface area contributed by atoms with Crippen molar-refractivity contribution in [1.29, 1.82) is 0 Å². The van der Waals surface area contributed by atoms with Crippen LogP contribution in [0.25, 0.3) is 0 Å². The molecule has 2 aliphatic rings. The number of amides is 1. The van der Waals surface area contributed by atoms with Crippen LogP contribution in [0, 0.1) is 12.8 Å². The van der Waals surface area contributed by atoms with Gasteiger partial charge in [0.15, 0.2) is 5.76 Å². The van der Waals surface area contributed by atoms with E-state index in [-0.39, 0.29) is 22.3 Å². The standard InChI is InChI=1S/C16H25N3O4S/c1-12-15(24(21,22)19-6-3-4-7-19)9-14(23-12)16(20)18-8-5-13(11-18)10-17-2/h9,13,17H,3-8,10-11H2,1-2H3. The maximum Gasteiger partial charge on any atom is 0.289 e. The lowest BCUT2D eigenvalue weighted by Gasteiger charge is -2.15. The molecule has 0 aromatic carbocycles. The monoisotopic (exact) mass is 355 g/mol. The molecule has 1 atom stereocenters. The van der Waals surface area contributed by atoms with Crippen LogP contribution < -0.4 is 5.32 Å². The van der Waals surface area contributed by atoms with Crippen molar-refractivity contribution in [1.82, 2.24) is 14.5 Å². The Morgan fingerprint density at radius 2 is 2.04 bits per heavy atom. The normalized spacial score (nSPS) is 22.4. The van der Waals surface area contributed by atoms with Crippen molar-refractivity contribution in [2.45, 2.75) is 31.1 Å². The molecule has 134 valence electrons. The zero-order chi connectivity index (χ0) is 17.3. The average Bonchev–Trinajstić information content (AvgIpc) is 3.27. The van der Waals surface area contributed by atoms with Crippen LogP contribution in [0.15, 0.2) is 15.4 Å². The third-order valence-electron chi connectivity index (χ3n) is 4.83. The molecule has 7 nitrogen and oxygen atoms in total. The molecule has 0 aliphatic carbocycles. The van der Waals surface area contributed by atoms with Gasteiger partial charge in [0.1, 0.15) is 10.7 Å². The van der Waals surface area contributed by atoms with E-state index < -0.39 is 10.0 Å². The number of likely N-dealkylation sites (tertiary alicyclic amines) is 1. The predicted molar refractivity (Wildman–Crippen MR) is 89.4 cm³/mol. The van der Waals surface area contributed by atoms with Crippen molar-refractivity contribution in [3.63, 3.8) is 0 Å². The first-order valence-corrected chi connectivity index (χ1v) is 9.92. The SMILES string of the molecule is CNCC1CCN(C(=O)c2cc(S(=O)(=O)N3CCCC3)c(C)o2)C1. The van der Waals surface area contributed by atoms with Gasteiger partial charge in [-0.1, -0.05) is 0 Å². The summed E-state index contributed by atoms with van der Waals surface area (Å²) in [5.74, 6) is 0.619. The van der Waals surface area contributed by atoms with E-state index >= 15 is 0 Å². The first kappa shape index (κ1) is 17.4. The van der Waals surface area contributed by atoms with Crippen molar-refractivity contribution < 1.29 is 17.6 Å². The Hall–Kier alpha value is -1.38. The molecule has 1 aromatic heterocycles. The summed E-state index contributed by atoms with van der Waals surface area (Å²) in [5, 5.41) is 3.13. The molecule has 8 heteroatoms. The molecule has 1 aromatic rings. The molecule has 3 heterocycles. The third kappa shape index (κ3) is 3.22. The minimum absolute atomic E-state index is 0.121. The van der Waals surface area contributed by atoms with Crippen LogP contribution in [0.4, 0.5) is 0 Å². The van der Waals surface area contributed by atoms with Crippen LogP contribution in [-0.4, -0.2) is 63.3 Å². The molecule has 0 saturated carbocycles. The number of sulfonamides is 1. The maximum atomic E-state index is 12.7. The number of aryl methyl sites for hydroxylation is 1. The second kappa shape index (κ2) is 6.85. The highest BCUT2D eigenvalue weighted by Gasteiger charge is 2.34. The molecule has 2 saturated heterocycles. The molecule has 2 fully saturated rings. The van der Waals surface area contributed by atoms with E-state index in [0.29, 0.717) is 32.1 Å². The summed E-state index contributed by atoms with van der Waals surface area (Å²) in [6.07, 6.45) is 2.70. The Morgan fingerprint density at radius 3 is 2.71 bits per heavy atom. The highest BCUT2D eigenvalue weighted by atomic mass is 32.2. The molecule has 1 unspecified atom stereocenters. The zero-order valence-electron chi connectivity index (χ0n) is 14.2. The smallest absolute Gasteiger partial charge is 0.289 e. The van der Waals surface area contributed by atoms with Crippen molar-refractivity contribution in [2.75, 3.05) is 39.8 Å². The van der Waals surface area contributed by atoms with Crippen molar-refractivity contribution in [3.8, 4) is 0 Å². The Balaban J connectivity index is 1.78. The van der Waals surface area contributed by atoms with Crippen LogP contribution >= 0.6 is 0 Å². The molecule has 24 heavy (non-hydrogen) atoms. The largest absolute Gasteiger partial charge is 0.455 e. The highest BCUT2D eigenvalue weighted by Crippen LogP contribution is 2.28. The fourth-order valence-corrected chi connectivity index (χ4v) is 5.20. The molecule has 0 radical (unpaired) electrons. The minimum atomic E-state index is -3.57. The summed E-state index contributed by atoms with van der Waals surface area (Å²) in [6, 6.07) is 1.40. The van der Waals surface area contributed by atoms with Gasteiger partial charge < -0.3 is 14.6 Å². The fourth-order valence-electron chi connectivity index (χ4n) is 3.52. The highest BCUT2D eigenvalue weighted by molar-refractivity contribution is 7.89. The van der Waals surface area contributed by atoms with Gasteiger partial charge in [-0.3, -0.25) is 4.79 Å². The van der Waals surface area contributed by atoms with Crippen LogP contribution in [0.3, 0.4) is 0 Å². The number of hydrogen-bond donors (Lipinski definition) is 1. The van der Waals surface area contributed by atoms with E-state index in [1.807, 2.05) is 7.05 Å². The summed E-state index contributed by atoms with van der Waals surface area (Å²) >= 11 is 0. The van der Waals surface area contributed by atoms with Crippen LogP contribution in [0.2, 0.25) is 0 Å². The zero-order valence-corrected chi connectivity index (χ0v) is 15.1. The first-order valence-electron chi connectivity index (χ1n) is 8.48. The molecule has 1 amide bonds. The van der Waals surface area contributed by atoms with E-state index in [0.717, 1.165) is 25.8 Å². The van der Waals surface area contributed by atoms with Crippen LogP contribution in [0.1, 0.15) is 35.6 Å². The maximum absolute atomic E-state index is 12.7. The van der Waals surface area contributed by atoms with Gasteiger partial charge in [-0.2, -0.15) is 4.31 Å². The summed E-state index contributed by atoms with van der Waals surface area (Å²) in [6.45, 7) is 4.90. The fraction of sp³-hybridized carbons (Fsp3) is 0.688. The molecule has 3 rings (SSSR count). The number of furan rings is 1. The molecular formula is C16H25N3O4S. The van der Waals surface area contributed by atoms with Gasteiger partial charge in [0.05, 0.1) is 0 Å². The predicted octanol–water partition coefficient (Wildman–Crippen LogP) is 1.05. The summed E-state index contributed by atoms with van der Waals surface area (Å²) in [4.78, 5) is 14.5. The molecule has 0 bridgehead atoms. The second-order valence-electron chi connectivity index (χ2n) is 6.61. The van der Waals surface area contributed by atoms with Crippen molar-refractivity contribution in [2.24, 2.45) is 5.92 Å². The van der Waals surface area contributed by atoms with Gasteiger partial charge in [-0.05, 0) is 45.7 Å². The lowest BCUT2D eigenvalue weighted by atomic mass is 10.1. The summed E-state index contributed by atoms with van der Waals surface area (Å²) in [7, 11) is -1.67. The van der Waals surface area contributed by atoms with Crippen LogP contribution in [-0.2, 0) is 10.0 Å². The Bertz CT molecular complexity index is 707. The lowest BCUT2D eigenvalue weighted by molar-refractivity contribution is 0.0754. The molecular weight excluding hydrogens is 330 g/mol. The van der Waals surface area contributed by atoms with Crippen molar-refractivity contribution in [3.05, 3.63) is 17.6 Å². The lowest BCUT2D eigenvalue weighted by Crippen LogP contribution is -2.30. The number of nitrogens with zero attached hydrogens (tertiary/aromatic N) is 2. The van der Waals surface area contributed by atoms with E-state index in [1.54, 1.807) is 11.8 Å². The van der Waals surface area contributed by atoms with Crippen molar-refractivity contribution >= 4 is 15.9 Å². The number of carbonyl (C=O) groups excluding carboxylic acids is 1. The number of carbonyl (C=O) groups is 1. The quantitative estimate of drug-likeness (QED) is 0.854. The third-order valence-corrected chi connectivity index (χ3v) is 6.84. The van der Waals surface area contributed by atoms with Gasteiger partial charge in [0, 0.05) is 32.2 Å². The van der Waals surface area contributed by atoms with E-state index in [9.17, 15) is 13.2 Å². The molecule has 1 N–H and O–H groups in total. The van der Waals surface area contributed by atoms with Crippen LogP contribution in [0.5, 0.6) is 0 Å². The molecule has 2 aliphatic heterocycles. The van der Waals surface area contributed by atoms with E-state index in [2.05, 4.69) is 5.32 Å². The topological polar surface area (TPSA) is 82.9 Å².